The molecule has 6 heteroatoms. The van der Waals surface area contributed by atoms with Crippen LogP contribution in [0, 0.1) is 0 Å². The number of benzene rings is 2. The fourth-order valence-electron chi connectivity index (χ4n) is 2.28. The zero-order valence-corrected chi connectivity index (χ0v) is 14.6. The van der Waals surface area contributed by atoms with Crippen LogP contribution in [0.1, 0.15) is 5.56 Å². The van der Waals surface area contributed by atoms with Crippen LogP contribution in [0.15, 0.2) is 48.5 Å². The third-order valence-electron chi connectivity index (χ3n) is 3.53. The van der Waals surface area contributed by atoms with Crippen LogP contribution in [-0.2, 0) is 10.5 Å². The summed E-state index contributed by atoms with van der Waals surface area (Å²) in [5.74, 6) is 2.87. The molecule has 2 aromatic carbocycles. The zero-order chi connectivity index (χ0) is 16.8. The number of para-hydroxylation sites is 2. The smallest absolute Gasteiger partial charge is 0.264 e. The number of hydrogen-bond acceptors (Lipinski definition) is 4. The van der Waals surface area contributed by atoms with Gasteiger partial charge in [0.1, 0.15) is 6.61 Å². The number of carbonyl (C=O) groups is 1. The van der Waals surface area contributed by atoms with Gasteiger partial charge in [0.15, 0.2) is 11.5 Å². The Bertz CT molecular complexity index is 693. The van der Waals surface area contributed by atoms with Gasteiger partial charge >= 0.3 is 0 Å². The Hall–Kier alpha value is -1.85. The second-order valence-electron chi connectivity index (χ2n) is 5.33. The Morgan fingerprint density at radius 3 is 2.71 bits per heavy atom. The van der Waals surface area contributed by atoms with E-state index >= 15 is 0 Å². The van der Waals surface area contributed by atoms with E-state index in [0.29, 0.717) is 18.0 Å². The highest BCUT2D eigenvalue weighted by atomic mass is 35.5. The first kappa shape index (κ1) is 17.0. The van der Waals surface area contributed by atoms with Gasteiger partial charge in [-0.3, -0.25) is 4.79 Å². The van der Waals surface area contributed by atoms with Crippen LogP contribution in [0.4, 0.5) is 0 Å². The van der Waals surface area contributed by atoms with E-state index < -0.39 is 6.10 Å². The molecule has 3 rings (SSSR count). The monoisotopic (exact) mass is 363 g/mol. The van der Waals surface area contributed by atoms with Crippen LogP contribution < -0.4 is 14.8 Å². The minimum atomic E-state index is -0.596. The molecule has 1 N–H and O–H groups in total. The molecule has 1 unspecified atom stereocenters. The van der Waals surface area contributed by atoms with Crippen LogP contribution in [0.2, 0.25) is 5.02 Å². The highest BCUT2D eigenvalue weighted by Crippen LogP contribution is 2.30. The van der Waals surface area contributed by atoms with E-state index in [1.165, 1.54) is 5.56 Å². The van der Waals surface area contributed by atoms with Gasteiger partial charge in [-0.25, -0.2) is 0 Å². The van der Waals surface area contributed by atoms with Crippen molar-refractivity contribution in [1.29, 1.82) is 0 Å². The molecule has 0 saturated heterocycles. The van der Waals surface area contributed by atoms with Crippen molar-refractivity contribution in [2.75, 3.05) is 18.9 Å². The van der Waals surface area contributed by atoms with Crippen LogP contribution in [0.3, 0.4) is 0 Å². The fourth-order valence-corrected chi connectivity index (χ4v) is 3.22. The second kappa shape index (κ2) is 8.31. The van der Waals surface area contributed by atoms with Gasteiger partial charge in [0, 0.05) is 23.1 Å². The summed E-state index contributed by atoms with van der Waals surface area (Å²) >= 11 is 7.62. The third-order valence-corrected chi connectivity index (χ3v) is 4.81. The van der Waals surface area contributed by atoms with Crippen molar-refractivity contribution in [3.05, 3.63) is 59.1 Å². The number of nitrogens with one attached hydrogen (secondary N) is 1. The number of carbonyl (C=O) groups excluding carboxylic acids is 1. The second-order valence-corrected chi connectivity index (χ2v) is 6.88. The Morgan fingerprint density at radius 2 is 1.92 bits per heavy atom. The molecule has 1 amide bonds. The molecule has 1 heterocycles. The molecule has 0 saturated carbocycles. The lowest BCUT2D eigenvalue weighted by Gasteiger charge is -2.25. The van der Waals surface area contributed by atoms with Crippen molar-refractivity contribution in [2.24, 2.45) is 0 Å². The maximum atomic E-state index is 12.1. The molecule has 0 bridgehead atoms. The van der Waals surface area contributed by atoms with E-state index in [0.717, 1.165) is 16.5 Å². The van der Waals surface area contributed by atoms with E-state index in [1.54, 1.807) is 17.8 Å². The Kier molecular flexibility index (Phi) is 5.88. The van der Waals surface area contributed by atoms with Crippen LogP contribution >= 0.6 is 23.4 Å². The van der Waals surface area contributed by atoms with Crippen molar-refractivity contribution in [2.45, 2.75) is 11.9 Å². The normalized spacial score (nSPS) is 15.8. The SMILES string of the molecule is O=C(NCCSCc1ccc(Cl)cc1)C1COc2ccccc2O1. The van der Waals surface area contributed by atoms with Crippen molar-refractivity contribution >= 4 is 29.3 Å². The lowest BCUT2D eigenvalue weighted by molar-refractivity contribution is -0.130. The van der Waals surface area contributed by atoms with E-state index in [1.807, 2.05) is 42.5 Å². The molecular weight excluding hydrogens is 346 g/mol. The largest absolute Gasteiger partial charge is 0.485 e. The summed E-state index contributed by atoms with van der Waals surface area (Å²) in [7, 11) is 0. The maximum Gasteiger partial charge on any atom is 0.264 e. The molecule has 4 nitrogen and oxygen atoms in total. The van der Waals surface area contributed by atoms with Gasteiger partial charge < -0.3 is 14.8 Å². The van der Waals surface area contributed by atoms with E-state index in [2.05, 4.69) is 5.32 Å². The molecule has 2 aromatic rings. The standard InChI is InChI=1S/C18H18ClNO3S/c19-14-7-5-13(6-8-14)12-24-10-9-20-18(21)17-11-22-15-3-1-2-4-16(15)23-17/h1-8,17H,9-12H2,(H,20,21). The van der Waals surface area contributed by atoms with Gasteiger partial charge in [0.05, 0.1) is 0 Å². The van der Waals surface area contributed by atoms with Crippen molar-refractivity contribution in [3.8, 4) is 11.5 Å². The van der Waals surface area contributed by atoms with Crippen molar-refractivity contribution in [3.63, 3.8) is 0 Å². The van der Waals surface area contributed by atoms with Crippen LogP contribution in [-0.4, -0.2) is 30.9 Å². The Balaban J connectivity index is 1.36. The van der Waals surface area contributed by atoms with Gasteiger partial charge in [-0.05, 0) is 29.8 Å². The molecule has 0 radical (unpaired) electrons. The summed E-state index contributed by atoms with van der Waals surface area (Å²) in [5, 5.41) is 3.64. The molecule has 0 spiro atoms. The van der Waals surface area contributed by atoms with Crippen molar-refractivity contribution < 1.29 is 14.3 Å². The summed E-state index contributed by atoms with van der Waals surface area (Å²) in [6.45, 7) is 0.833. The summed E-state index contributed by atoms with van der Waals surface area (Å²) in [6.07, 6.45) is -0.596. The highest BCUT2D eigenvalue weighted by Gasteiger charge is 2.26. The van der Waals surface area contributed by atoms with Crippen LogP contribution in [0.25, 0.3) is 0 Å². The molecule has 0 fully saturated rings. The van der Waals surface area contributed by atoms with Gasteiger partial charge in [0.2, 0.25) is 6.10 Å². The third kappa shape index (κ3) is 4.58. The molecular formula is C18H18ClNO3S. The lowest BCUT2D eigenvalue weighted by atomic mass is 10.2. The predicted molar refractivity (Wildman–Crippen MR) is 97.0 cm³/mol. The number of fused-ring (bicyclic) bond motifs is 1. The summed E-state index contributed by atoms with van der Waals surface area (Å²) in [6, 6.07) is 15.2. The van der Waals surface area contributed by atoms with Crippen molar-refractivity contribution in [1.82, 2.24) is 5.32 Å². The maximum absolute atomic E-state index is 12.1. The zero-order valence-electron chi connectivity index (χ0n) is 13.0. The first-order valence-electron chi connectivity index (χ1n) is 7.71. The van der Waals surface area contributed by atoms with Gasteiger partial charge in [-0.1, -0.05) is 35.9 Å². The molecule has 1 aliphatic heterocycles. The molecule has 1 aliphatic rings. The molecule has 126 valence electrons. The van der Waals surface area contributed by atoms with Gasteiger partial charge in [-0.2, -0.15) is 11.8 Å². The first-order valence-corrected chi connectivity index (χ1v) is 9.24. The minimum Gasteiger partial charge on any atom is -0.485 e. The molecule has 0 aliphatic carbocycles. The number of ether oxygens (including phenoxy) is 2. The number of hydrogen-bond donors (Lipinski definition) is 1. The highest BCUT2D eigenvalue weighted by molar-refractivity contribution is 7.98. The number of halogens is 1. The Morgan fingerprint density at radius 1 is 1.17 bits per heavy atom. The average Bonchev–Trinajstić information content (AvgIpc) is 2.62. The van der Waals surface area contributed by atoms with E-state index in [-0.39, 0.29) is 12.5 Å². The van der Waals surface area contributed by atoms with Gasteiger partial charge in [-0.15, -0.1) is 0 Å². The first-order chi connectivity index (χ1) is 11.7. The fraction of sp³-hybridized carbons (Fsp3) is 0.278. The molecule has 0 aromatic heterocycles. The lowest BCUT2D eigenvalue weighted by Crippen LogP contribution is -2.44. The van der Waals surface area contributed by atoms with Gasteiger partial charge in [0.25, 0.3) is 5.91 Å². The number of thioether (sulfide) groups is 1. The Labute approximate surface area is 150 Å². The number of rotatable bonds is 6. The minimum absolute atomic E-state index is 0.142. The topological polar surface area (TPSA) is 47.6 Å². The molecule has 24 heavy (non-hydrogen) atoms. The number of amides is 1. The van der Waals surface area contributed by atoms with E-state index in [4.69, 9.17) is 21.1 Å². The summed E-state index contributed by atoms with van der Waals surface area (Å²) in [4.78, 5) is 12.1. The average molecular weight is 364 g/mol. The van der Waals surface area contributed by atoms with E-state index in [9.17, 15) is 4.79 Å². The van der Waals surface area contributed by atoms with Crippen LogP contribution in [0.5, 0.6) is 11.5 Å². The quantitative estimate of drug-likeness (QED) is 0.797. The predicted octanol–water partition coefficient (Wildman–Crippen LogP) is 3.53. The summed E-state index contributed by atoms with van der Waals surface area (Å²) < 4.78 is 11.2. The molecule has 1 atom stereocenters. The summed E-state index contributed by atoms with van der Waals surface area (Å²) in [5.41, 5.74) is 1.22.